The van der Waals surface area contributed by atoms with Crippen molar-refractivity contribution < 1.29 is 17.9 Å². The van der Waals surface area contributed by atoms with Gasteiger partial charge in [-0.2, -0.15) is 0 Å². The van der Waals surface area contributed by atoms with E-state index in [1.165, 1.54) is 23.5 Å². The van der Waals surface area contributed by atoms with Crippen LogP contribution in [0.3, 0.4) is 0 Å². The quantitative estimate of drug-likeness (QED) is 0.601. The van der Waals surface area contributed by atoms with E-state index in [9.17, 15) is 13.2 Å². The van der Waals surface area contributed by atoms with Gasteiger partial charge in [-0.25, -0.2) is 13.4 Å². The lowest BCUT2D eigenvalue weighted by atomic mass is 10.2. The number of ether oxygens (including phenoxy) is 1. The summed E-state index contributed by atoms with van der Waals surface area (Å²) in [5.74, 6) is 0.347. The molecule has 1 aromatic heterocycles. The van der Waals surface area contributed by atoms with Crippen LogP contribution in [0.2, 0.25) is 0 Å². The van der Waals surface area contributed by atoms with Crippen molar-refractivity contribution in [3.05, 3.63) is 42.5 Å². The van der Waals surface area contributed by atoms with Crippen molar-refractivity contribution in [2.24, 2.45) is 5.92 Å². The zero-order valence-corrected chi connectivity index (χ0v) is 17.4. The molecule has 148 valence electrons. The molecule has 0 spiro atoms. The second-order valence-corrected chi connectivity index (χ2v) is 9.07. The summed E-state index contributed by atoms with van der Waals surface area (Å²) in [6.07, 6.45) is 0. The summed E-state index contributed by atoms with van der Waals surface area (Å²) in [6.45, 7) is 5.98. The first-order valence-electron chi connectivity index (χ1n) is 8.75. The van der Waals surface area contributed by atoms with Crippen LogP contribution in [0.25, 0.3) is 10.2 Å². The number of amides is 1. The highest BCUT2D eigenvalue weighted by Gasteiger charge is 2.16. The van der Waals surface area contributed by atoms with Gasteiger partial charge in [0.2, 0.25) is 5.91 Å². The number of sulfonamides is 1. The Morgan fingerprint density at radius 2 is 1.89 bits per heavy atom. The fraction of sp³-hybridized carbons (Fsp3) is 0.263. The van der Waals surface area contributed by atoms with E-state index in [1.54, 1.807) is 44.2 Å². The van der Waals surface area contributed by atoms with E-state index in [-0.39, 0.29) is 16.7 Å². The van der Waals surface area contributed by atoms with Gasteiger partial charge in [0.1, 0.15) is 5.75 Å². The molecule has 3 aromatic rings. The molecule has 9 heteroatoms. The van der Waals surface area contributed by atoms with E-state index in [4.69, 9.17) is 4.74 Å². The predicted molar refractivity (Wildman–Crippen MR) is 112 cm³/mol. The first-order chi connectivity index (χ1) is 13.3. The molecule has 0 saturated carbocycles. The SMILES string of the molecule is CCOc1ccc(S(=O)(=O)Nc2ccc3sc(NC(=O)C(C)C)nc3c2)cc1. The topological polar surface area (TPSA) is 97.4 Å². The van der Waals surface area contributed by atoms with Crippen molar-refractivity contribution in [1.82, 2.24) is 4.98 Å². The van der Waals surface area contributed by atoms with E-state index in [0.29, 0.717) is 28.7 Å². The van der Waals surface area contributed by atoms with E-state index in [1.807, 2.05) is 6.92 Å². The molecule has 0 aliphatic heterocycles. The Labute approximate surface area is 167 Å². The summed E-state index contributed by atoms with van der Waals surface area (Å²) >= 11 is 1.34. The summed E-state index contributed by atoms with van der Waals surface area (Å²) < 4.78 is 33.9. The lowest BCUT2D eigenvalue weighted by Crippen LogP contribution is -2.17. The van der Waals surface area contributed by atoms with Gasteiger partial charge < -0.3 is 10.1 Å². The molecule has 1 heterocycles. The number of rotatable bonds is 7. The molecule has 0 aliphatic carbocycles. The predicted octanol–water partition coefficient (Wildman–Crippen LogP) is 4.09. The minimum atomic E-state index is -3.74. The zero-order chi connectivity index (χ0) is 20.3. The number of carbonyl (C=O) groups is 1. The standard InChI is InChI=1S/C19H21N3O4S2/c1-4-26-14-6-8-15(9-7-14)28(24,25)22-13-5-10-17-16(11-13)20-19(27-17)21-18(23)12(2)3/h5-12,22H,4H2,1-3H3,(H,20,21,23). The van der Waals surface area contributed by atoms with E-state index < -0.39 is 10.0 Å². The van der Waals surface area contributed by atoms with Crippen molar-refractivity contribution >= 4 is 48.3 Å². The molecule has 0 radical (unpaired) electrons. The van der Waals surface area contributed by atoms with Crippen LogP contribution in [-0.4, -0.2) is 25.9 Å². The Morgan fingerprint density at radius 3 is 2.54 bits per heavy atom. The fourth-order valence-electron chi connectivity index (χ4n) is 2.39. The molecular weight excluding hydrogens is 398 g/mol. The lowest BCUT2D eigenvalue weighted by Gasteiger charge is -2.09. The highest BCUT2D eigenvalue weighted by atomic mass is 32.2. The zero-order valence-electron chi connectivity index (χ0n) is 15.7. The van der Waals surface area contributed by atoms with Crippen molar-refractivity contribution in [2.75, 3.05) is 16.6 Å². The smallest absolute Gasteiger partial charge is 0.261 e. The number of nitrogens with one attached hydrogen (secondary N) is 2. The molecule has 0 atom stereocenters. The minimum absolute atomic E-state index is 0.115. The van der Waals surface area contributed by atoms with Crippen molar-refractivity contribution in [2.45, 2.75) is 25.7 Å². The van der Waals surface area contributed by atoms with E-state index in [2.05, 4.69) is 15.0 Å². The molecule has 3 rings (SSSR count). The molecular formula is C19H21N3O4S2. The third kappa shape index (κ3) is 4.60. The summed E-state index contributed by atoms with van der Waals surface area (Å²) in [5, 5.41) is 3.24. The molecule has 0 fully saturated rings. The first kappa shape index (κ1) is 20.1. The average Bonchev–Trinajstić information content (AvgIpc) is 3.03. The number of benzene rings is 2. The molecule has 28 heavy (non-hydrogen) atoms. The number of nitrogens with zero attached hydrogens (tertiary/aromatic N) is 1. The molecule has 2 aromatic carbocycles. The monoisotopic (exact) mass is 419 g/mol. The van der Waals surface area contributed by atoms with Gasteiger partial charge in [0.15, 0.2) is 5.13 Å². The van der Waals surface area contributed by atoms with Crippen LogP contribution < -0.4 is 14.8 Å². The number of fused-ring (bicyclic) bond motifs is 1. The van der Waals surface area contributed by atoms with Gasteiger partial charge >= 0.3 is 0 Å². The number of hydrogen-bond acceptors (Lipinski definition) is 6. The highest BCUT2D eigenvalue weighted by molar-refractivity contribution is 7.92. The Kier molecular flexibility index (Phi) is 5.85. The van der Waals surface area contributed by atoms with Crippen molar-refractivity contribution in [3.63, 3.8) is 0 Å². The van der Waals surface area contributed by atoms with Crippen LogP contribution in [0, 0.1) is 5.92 Å². The van der Waals surface area contributed by atoms with Crippen LogP contribution in [-0.2, 0) is 14.8 Å². The minimum Gasteiger partial charge on any atom is -0.494 e. The van der Waals surface area contributed by atoms with Gasteiger partial charge in [-0.3, -0.25) is 9.52 Å². The van der Waals surface area contributed by atoms with Crippen LogP contribution in [0.15, 0.2) is 47.4 Å². The van der Waals surface area contributed by atoms with Crippen LogP contribution >= 0.6 is 11.3 Å². The van der Waals surface area contributed by atoms with Gasteiger partial charge in [-0.05, 0) is 49.4 Å². The largest absolute Gasteiger partial charge is 0.494 e. The molecule has 0 bridgehead atoms. The average molecular weight is 420 g/mol. The number of aromatic nitrogens is 1. The maximum absolute atomic E-state index is 12.6. The van der Waals surface area contributed by atoms with E-state index in [0.717, 1.165) is 4.70 Å². The van der Waals surface area contributed by atoms with Crippen molar-refractivity contribution in [3.8, 4) is 5.75 Å². The number of hydrogen-bond donors (Lipinski definition) is 2. The molecule has 2 N–H and O–H groups in total. The van der Waals surface area contributed by atoms with Crippen molar-refractivity contribution in [1.29, 1.82) is 0 Å². The van der Waals surface area contributed by atoms with Gasteiger partial charge in [0.05, 0.1) is 27.4 Å². The fourth-order valence-corrected chi connectivity index (χ4v) is 4.29. The number of thiazole rings is 1. The van der Waals surface area contributed by atoms with Gasteiger partial charge in [0.25, 0.3) is 10.0 Å². The molecule has 0 saturated heterocycles. The summed E-state index contributed by atoms with van der Waals surface area (Å²) in [5.41, 5.74) is 1.00. The normalized spacial score (nSPS) is 11.6. The summed E-state index contributed by atoms with van der Waals surface area (Å²) in [6, 6.07) is 11.3. The second-order valence-electron chi connectivity index (χ2n) is 6.36. The Balaban J connectivity index is 1.80. The van der Waals surface area contributed by atoms with Gasteiger partial charge in [-0.15, -0.1) is 0 Å². The number of anilines is 2. The molecule has 7 nitrogen and oxygen atoms in total. The maximum Gasteiger partial charge on any atom is 0.261 e. The highest BCUT2D eigenvalue weighted by Crippen LogP contribution is 2.29. The first-order valence-corrected chi connectivity index (χ1v) is 11.1. The maximum atomic E-state index is 12.6. The van der Waals surface area contributed by atoms with Crippen LogP contribution in [0.4, 0.5) is 10.8 Å². The third-order valence-corrected chi connectivity index (χ3v) is 6.19. The van der Waals surface area contributed by atoms with Crippen LogP contribution in [0.5, 0.6) is 5.75 Å². The molecule has 0 aliphatic rings. The Bertz CT molecular complexity index is 1090. The van der Waals surface area contributed by atoms with Gasteiger partial charge in [-0.1, -0.05) is 25.2 Å². The molecule has 1 amide bonds. The van der Waals surface area contributed by atoms with E-state index >= 15 is 0 Å². The summed E-state index contributed by atoms with van der Waals surface area (Å²) in [7, 11) is -3.74. The van der Waals surface area contributed by atoms with Gasteiger partial charge in [0, 0.05) is 5.92 Å². The van der Waals surface area contributed by atoms with Crippen LogP contribution in [0.1, 0.15) is 20.8 Å². The number of carbonyl (C=O) groups excluding carboxylic acids is 1. The Hall–Kier alpha value is -2.65. The second kappa shape index (κ2) is 8.15. The third-order valence-electron chi connectivity index (χ3n) is 3.84. The molecule has 0 unspecified atom stereocenters. The lowest BCUT2D eigenvalue weighted by molar-refractivity contribution is -0.118. The Morgan fingerprint density at radius 1 is 1.18 bits per heavy atom. The summed E-state index contributed by atoms with van der Waals surface area (Å²) in [4.78, 5) is 16.3.